The lowest BCUT2D eigenvalue weighted by Crippen LogP contribution is -2.44. The molecule has 0 aromatic heterocycles. The minimum atomic E-state index is -0.187. The fraction of sp³-hybridized carbons (Fsp3) is 0.833. The van der Waals surface area contributed by atoms with Crippen LogP contribution in [0.15, 0.2) is 0 Å². The maximum atomic E-state index is 12.3. The number of rotatable bonds is 6. The van der Waals surface area contributed by atoms with Gasteiger partial charge in [-0.2, -0.15) is 0 Å². The largest absolute Gasteiger partial charge is 0.353 e. The zero-order valence-electron chi connectivity index (χ0n) is 21.4. The smallest absolute Gasteiger partial charge is 0.159 e. The van der Waals surface area contributed by atoms with Crippen LogP contribution in [0, 0.1) is 46.9 Å². The number of fused-ring (bicyclic) bond motifs is 1. The first-order valence-corrected chi connectivity index (χ1v) is 14.2. The fourth-order valence-electron chi connectivity index (χ4n) is 6.71. The van der Waals surface area contributed by atoms with Crippen molar-refractivity contribution in [1.29, 1.82) is 0 Å². The molecule has 3 saturated carbocycles. The molecule has 1 unspecified atom stereocenters. The Morgan fingerprint density at radius 1 is 1.00 bits per heavy atom. The molecule has 5 heteroatoms. The first-order chi connectivity index (χ1) is 17.2. The third-order valence-corrected chi connectivity index (χ3v) is 8.87. The van der Waals surface area contributed by atoms with Gasteiger partial charge in [0, 0.05) is 44.3 Å². The molecule has 2 saturated heterocycles. The van der Waals surface area contributed by atoms with E-state index in [2.05, 4.69) is 30.6 Å². The Bertz CT molecular complexity index is 843. The topological polar surface area (TPSA) is 54.0 Å². The van der Waals surface area contributed by atoms with Crippen molar-refractivity contribution in [1.82, 2.24) is 0 Å². The summed E-state index contributed by atoms with van der Waals surface area (Å²) in [7, 11) is 0. The monoisotopic (exact) mass is 482 g/mol. The van der Waals surface area contributed by atoms with Gasteiger partial charge in [0.05, 0.1) is 12.0 Å². The Hall–Kier alpha value is -1.37. The molecule has 192 valence electrons. The minimum Gasteiger partial charge on any atom is -0.353 e. The van der Waals surface area contributed by atoms with E-state index < -0.39 is 0 Å². The zero-order chi connectivity index (χ0) is 24.1. The summed E-state index contributed by atoms with van der Waals surface area (Å²) in [5.41, 5.74) is -0.0116. The maximum absolute atomic E-state index is 12.3. The number of hydrogen-bond donors (Lipinski definition) is 0. The van der Waals surface area contributed by atoms with E-state index in [9.17, 15) is 4.79 Å². The average Bonchev–Trinajstić information content (AvgIpc) is 3.35. The lowest BCUT2D eigenvalue weighted by Gasteiger charge is -2.45. The van der Waals surface area contributed by atoms with Crippen LogP contribution >= 0.6 is 0 Å². The van der Waals surface area contributed by atoms with Crippen LogP contribution in [-0.4, -0.2) is 43.8 Å². The van der Waals surface area contributed by atoms with Gasteiger partial charge in [-0.1, -0.05) is 25.2 Å². The highest BCUT2D eigenvalue weighted by Gasteiger charge is 2.50. The first-order valence-electron chi connectivity index (χ1n) is 14.2. The summed E-state index contributed by atoms with van der Waals surface area (Å²) < 4.78 is 25.0. The average molecular weight is 483 g/mol. The van der Waals surface area contributed by atoms with Crippen LogP contribution in [0.3, 0.4) is 0 Å². The van der Waals surface area contributed by atoms with Gasteiger partial charge in [0.1, 0.15) is 11.9 Å². The third-order valence-electron chi connectivity index (χ3n) is 8.87. The number of carbonyl (C=O) groups is 1. The lowest BCUT2D eigenvalue weighted by molar-refractivity contribution is -0.206. The van der Waals surface area contributed by atoms with Crippen molar-refractivity contribution in [3.05, 3.63) is 0 Å². The van der Waals surface area contributed by atoms with E-state index >= 15 is 0 Å². The molecule has 35 heavy (non-hydrogen) atoms. The summed E-state index contributed by atoms with van der Waals surface area (Å²) in [6.45, 7) is 3.64. The van der Waals surface area contributed by atoms with E-state index in [0.717, 1.165) is 83.8 Å². The van der Waals surface area contributed by atoms with Crippen molar-refractivity contribution in [3.8, 4) is 23.7 Å². The van der Waals surface area contributed by atoms with Gasteiger partial charge in [-0.05, 0) is 69.6 Å². The second-order valence-corrected chi connectivity index (χ2v) is 11.3. The summed E-state index contributed by atoms with van der Waals surface area (Å²) in [5.74, 6) is 15.1. The highest BCUT2D eigenvalue weighted by atomic mass is 16.7. The van der Waals surface area contributed by atoms with Gasteiger partial charge in [0.15, 0.2) is 12.6 Å². The van der Waals surface area contributed by atoms with Crippen molar-refractivity contribution < 1.29 is 23.7 Å². The first kappa shape index (κ1) is 25.3. The van der Waals surface area contributed by atoms with Crippen LogP contribution < -0.4 is 0 Å². The maximum Gasteiger partial charge on any atom is 0.159 e. The quantitative estimate of drug-likeness (QED) is 0.474. The minimum absolute atomic E-state index is 0.0116. The van der Waals surface area contributed by atoms with Crippen LogP contribution in [0.2, 0.25) is 0 Å². The molecule has 7 atom stereocenters. The molecule has 0 aromatic carbocycles. The Morgan fingerprint density at radius 3 is 2.43 bits per heavy atom. The molecule has 0 amide bonds. The van der Waals surface area contributed by atoms with E-state index in [1.54, 1.807) is 0 Å². The standard InChI is InChI=1S/C30H42O5/c1-2-3-6-14-30(15-9-16-30)27(35-29-11-5-8-18-33-29)13-12-24-25-21-23(31)19-22(25)20-26(24)34-28-10-4-7-17-32-28/h22,24-29H,2,4-5,7-11,14-21H2,1H3/t22-,24-,25-,26+,27+,28?,29-/m0/s1. The Balaban J connectivity index is 1.37. The van der Waals surface area contributed by atoms with E-state index in [1.165, 1.54) is 6.42 Å². The van der Waals surface area contributed by atoms with Gasteiger partial charge < -0.3 is 18.9 Å². The van der Waals surface area contributed by atoms with Crippen LogP contribution in [0.1, 0.15) is 96.8 Å². The highest BCUT2D eigenvalue weighted by Crippen LogP contribution is 2.50. The summed E-state index contributed by atoms with van der Waals surface area (Å²) in [6.07, 6.45) is 13.3. The number of Topliss-reactive ketones (excluding diaryl/α,β-unsaturated/α-hetero) is 1. The number of hydrogen-bond acceptors (Lipinski definition) is 5. The predicted molar refractivity (Wildman–Crippen MR) is 133 cm³/mol. The van der Waals surface area contributed by atoms with Gasteiger partial charge in [0.25, 0.3) is 0 Å². The van der Waals surface area contributed by atoms with Crippen molar-refractivity contribution in [2.45, 2.75) is 122 Å². The second-order valence-electron chi connectivity index (χ2n) is 11.3. The predicted octanol–water partition coefficient (Wildman–Crippen LogP) is 5.40. The lowest BCUT2D eigenvalue weighted by atomic mass is 9.63. The summed E-state index contributed by atoms with van der Waals surface area (Å²) in [4.78, 5) is 12.3. The number of ether oxygens (including phenoxy) is 4. The molecule has 0 bridgehead atoms. The molecular weight excluding hydrogens is 440 g/mol. The summed E-state index contributed by atoms with van der Waals surface area (Å²) >= 11 is 0. The summed E-state index contributed by atoms with van der Waals surface area (Å²) in [6, 6.07) is 0. The number of ketones is 1. The highest BCUT2D eigenvalue weighted by molar-refractivity contribution is 5.81. The molecule has 0 spiro atoms. The molecule has 5 nitrogen and oxygen atoms in total. The molecule has 0 aromatic rings. The summed E-state index contributed by atoms with van der Waals surface area (Å²) in [5, 5.41) is 0. The third kappa shape index (κ3) is 5.97. The molecule has 5 rings (SSSR count). The zero-order valence-corrected chi connectivity index (χ0v) is 21.4. The van der Waals surface area contributed by atoms with Crippen molar-refractivity contribution >= 4 is 5.78 Å². The second kappa shape index (κ2) is 11.8. The van der Waals surface area contributed by atoms with Crippen LogP contribution in [-0.2, 0) is 23.7 Å². The molecule has 2 aliphatic heterocycles. The Labute approximate surface area is 211 Å². The molecule has 0 N–H and O–H groups in total. The van der Waals surface area contributed by atoms with Gasteiger partial charge in [-0.3, -0.25) is 4.79 Å². The van der Waals surface area contributed by atoms with Gasteiger partial charge in [0.2, 0.25) is 0 Å². The van der Waals surface area contributed by atoms with E-state index in [-0.39, 0.29) is 36.1 Å². The Morgan fingerprint density at radius 2 is 1.77 bits per heavy atom. The molecule has 5 aliphatic rings. The van der Waals surface area contributed by atoms with Crippen molar-refractivity contribution in [3.63, 3.8) is 0 Å². The van der Waals surface area contributed by atoms with Crippen LogP contribution in [0.5, 0.6) is 0 Å². The molecular formula is C30H42O5. The normalized spacial score (nSPS) is 36.8. The van der Waals surface area contributed by atoms with Gasteiger partial charge in [-0.15, -0.1) is 11.8 Å². The number of carbonyl (C=O) groups excluding carboxylic acids is 1. The Kier molecular flexibility index (Phi) is 8.51. The molecule has 2 heterocycles. The van der Waals surface area contributed by atoms with Gasteiger partial charge in [-0.25, -0.2) is 0 Å². The van der Waals surface area contributed by atoms with Crippen molar-refractivity contribution in [2.24, 2.45) is 23.2 Å². The fourth-order valence-corrected chi connectivity index (χ4v) is 6.71. The SMILES string of the molecule is CCC#CCC1([C@@H](C#C[C@H]2[C@H]3CC(=O)C[C@H]3C[C@H]2OC2CCCCO2)O[C@H]2CCCCO2)CCC1. The van der Waals surface area contributed by atoms with E-state index in [0.29, 0.717) is 30.5 Å². The van der Waals surface area contributed by atoms with Crippen LogP contribution in [0.25, 0.3) is 0 Å². The van der Waals surface area contributed by atoms with Crippen LogP contribution in [0.4, 0.5) is 0 Å². The molecule has 0 radical (unpaired) electrons. The molecule has 3 aliphatic carbocycles. The molecule has 5 fully saturated rings. The van der Waals surface area contributed by atoms with Crippen molar-refractivity contribution in [2.75, 3.05) is 13.2 Å². The van der Waals surface area contributed by atoms with E-state index in [4.69, 9.17) is 18.9 Å². The van der Waals surface area contributed by atoms with E-state index in [1.807, 2.05) is 0 Å². The van der Waals surface area contributed by atoms with Gasteiger partial charge >= 0.3 is 0 Å².